The summed E-state index contributed by atoms with van der Waals surface area (Å²) in [5.41, 5.74) is 4.94. The zero-order valence-corrected chi connectivity index (χ0v) is 18.8. The van der Waals surface area contributed by atoms with Crippen LogP contribution in [0.25, 0.3) is 10.9 Å². The number of aromatic amines is 1. The van der Waals surface area contributed by atoms with Gasteiger partial charge in [0.15, 0.2) is 0 Å². The first-order valence-electron chi connectivity index (χ1n) is 11.1. The molecule has 5 heteroatoms. The van der Waals surface area contributed by atoms with Gasteiger partial charge in [0, 0.05) is 34.9 Å². The maximum atomic E-state index is 11.9. The van der Waals surface area contributed by atoms with E-state index in [0.717, 1.165) is 24.0 Å². The number of sulfone groups is 1. The lowest BCUT2D eigenvalue weighted by atomic mass is 9.99. The minimum absolute atomic E-state index is 0.210. The van der Waals surface area contributed by atoms with E-state index in [9.17, 15) is 8.42 Å². The van der Waals surface area contributed by atoms with Gasteiger partial charge in [-0.1, -0.05) is 43.3 Å². The van der Waals surface area contributed by atoms with Crippen LogP contribution >= 0.6 is 0 Å². The molecule has 1 saturated heterocycles. The highest BCUT2D eigenvalue weighted by atomic mass is 32.2. The van der Waals surface area contributed by atoms with Gasteiger partial charge < -0.3 is 4.98 Å². The van der Waals surface area contributed by atoms with Crippen LogP contribution in [0.2, 0.25) is 0 Å². The van der Waals surface area contributed by atoms with E-state index >= 15 is 0 Å². The number of benzene rings is 2. The molecule has 0 aliphatic carbocycles. The number of nitrogens with zero attached hydrogens (tertiary/aromatic N) is 1. The fourth-order valence-electron chi connectivity index (χ4n) is 4.73. The van der Waals surface area contributed by atoms with Crippen LogP contribution < -0.4 is 0 Å². The molecule has 1 N–H and O–H groups in total. The van der Waals surface area contributed by atoms with Gasteiger partial charge in [-0.25, -0.2) is 8.42 Å². The summed E-state index contributed by atoms with van der Waals surface area (Å²) in [4.78, 5) is 6.06. The summed E-state index contributed by atoms with van der Waals surface area (Å²) in [6.45, 7) is 5.17. The number of aromatic nitrogens is 1. The Balaban J connectivity index is 1.52. The van der Waals surface area contributed by atoms with Crippen molar-refractivity contribution < 1.29 is 8.42 Å². The number of aryl methyl sites for hydroxylation is 1. The van der Waals surface area contributed by atoms with E-state index < -0.39 is 9.84 Å². The maximum Gasteiger partial charge on any atom is 0.150 e. The van der Waals surface area contributed by atoms with E-state index in [0.29, 0.717) is 18.5 Å². The van der Waals surface area contributed by atoms with Crippen LogP contribution in [-0.4, -0.2) is 42.4 Å². The van der Waals surface area contributed by atoms with Gasteiger partial charge in [0.05, 0.1) is 5.75 Å². The molecule has 1 aromatic heterocycles. The van der Waals surface area contributed by atoms with Crippen molar-refractivity contribution in [2.45, 2.75) is 51.6 Å². The van der Waals surface area contributed by atoms with Crippen LogP contribution in [0.3, 0.4) is 0 Å². The van der Waals surface area contributed by atoms with Crippen LogP contribution in [0, 0.1) is 0 Å². The number of hydrogen-bond acceptors (Lipinski definition) is 3. The molecular formula is C25H32N2O2S. The van der Waals surface area contributed by atoms with Crippen molar-refractivity contribution in [1.82, 2.24) is 9.88 Å². The highest BCUT2D eigenvalue weighted by molar-refractivity contribution is 7.91. The van der Waals surface area contributed by atoms with E-state index in [1.54, 1.807) is 6.92 Å². The van der Waals surface area contributed by atoms with Crippen molar-refractivity contribution in [3.05, 3.63) is 71.4 Å². The molecule has 0 amide bonds. The molecule has 2 heterocycles. The molecule has 1 aliphatic heterocycles. The first-order chi connectivity index (χ1) is 14.5. The average Bonchev–Trinajstić information content (AvgIpc) is 3.40. The second kappa shape index (κ2) is 8.94. The summed E-state index contributed by atoms with van der Waals surface area (Å²) < 4.78 is 23.8. The van der Waals surface area contributed by atoms with Crippen molar-refractivity contribution in [2.24, 2.45) is 0 Å². The number of H-pyrrole nitrogens is 1. The zero-order valence-electron chi connectivity index (χ0n) is 18.0. The van der Waals surface area contributed by atoms with E-state index in [1.807, 2.05) is 6.07 Å². The number of hydrogen-bond donors (Lipinski definition) is 1. The second-order valence-corrected chi connectivity index (χ2v) is 11.0. The first kappa shape index (κ1) is 21.1. The Bertz CT molecular complexity index is 1090. The van der Waals surface area contributed by atoms with Crippen LogP contribution in [0.4, 0.5) is 0 Å². The molecule has 1 aliphatic rings. The molecule has 0 spiro atoms. The van der Waals surface area contributed by atoms with Crippen molar-refractivity contribution >= 4 is 20.7 Å². The SMILES string of the molecule is CCS(=O)(=O)CCc1ccc2[nH]cc(C[C@H]3CCCN3C(C)c3ccccc3)c2c1. The first-order valence-corrected chi connectivity index (χ1v) is 12.9. The van der Waals surface area contributed by atoms with Crippen molar-refractivity contribution in [2.75, 3.05) is 18.1 Å². The van der Waals surface area contributed by atoms with Crippen LogP contribution in [0.5, 0.6) is 0 Å². The topological polar surface area (TPSA) is 53.2 Å². The number of rotatable bonds is 8. The Kier molecular flexibility index (Phi) is 6.30. The molecule has 1 unspecified atom stereocenters. The van der Waals surface area contributed by atoms with Gasteiger partial charge in [0.25, 0.3) is 0 Å². The van der Waals surface area contributed by atoms with Gasteiger partial charge in [-0.2, -0.15) is 0 Å². The molecule has 30 heavy (non-hydrogen) atoms. The fourth-order valence-corrected chi connectivity index (χ4v) is 5.57. The van der Waals surface area contributed by atoms with Crippen molar-refractivity contribution in [3.63, 3.8) is 0 Å². The quantitative estimate of drug-likeness (QED) is 0.559. The highest BCUT2D eigenvalue weighted by Crippen LogP contribution is 2.32. The van der Waals surface area contributed by atoms with Gasteiger partial charge in [-0.05, 0) is 68.0 Å². The zero-order chi connectivity index (χ0) is 21.1. The molecule has 4 nitrogen and oxygen atoms in total. The van der Waals surface area contributed by atoms with E-state index in [1.165, 1.54) is 29.4 Å². The summed E-state index contributed by atoms with van der Waals surface area (Å²) in [5.74, 6) is 0.432. The number of likely N-dealkylation sites (tertiary alicyclic amines) is 1. The highest BCUT2D eigenvalue weighted by Gasteiger charge is 2.29. The lowest BCUT2D eigenvalue weighted by Gasteiger charge is -2.31. The van der Waals surface area contributed by atoms with Gasteiger partial charge in [-0.15, -0.1) is 0 Å². The summed E-state index contributed by atoms with van der Waals surface area (Å²) in [5, 5.41) is 1.24. The van der Waals surface area contributed by atoms with Gasteiger partial charge >= 0.3 is 0 Å². The number of nitrogens with one attached hydrogen (secondary N) is 1. The minimum Gasteiger partial charge on any atom is -0.361 e. The summed E-state index contributed by atoms with van der Waals surface area (Å²) in [6, 6.07) is 18.0. The standard InChI is InChI=1S/C25H32N2O2S/c1-3-30(28,29)15-13-20-11-12-25-24(16-20)22(18-26-25)17-23-10-7-14-27(23)19(2)21-8-5-4-6-9-21/h4-6,8-9,11-12,16,18-19,23,26H,3,7,10,13-15,17H2,1-2H3/t19?,23-/m1/s1. The predicted molar refractivity (Wildman–Crippen MR) is 125 cm³/mol. The Hall–Kier alpha value is -2.11. The molecule has 2 aromatic carbocycles. The van der Waals surface area contributed by atoms with Crippen LogP contribution in [-0.2, 0) is 22.7 Å². The summed E-state index contributed by atoms with van der Waals surface area (Å²) in [7, 11) is -2.94. The monoisotopic (exact) mass is 424 g/mol. The van der Waals surface area contributed by atoms with Crippen molar-refractivity contribution in [1.29, 1.82) is 0 Å². The fraction of sp³-hybridized carbons (Fsp3) is 0.440. The van der Waals surface area contributed by atoms with E-state index in [4.69, 9.17) is 0 Å². The van der Waals surface area contributed by atoms with E-state index in [2.05, 4.69) is 65.5 Å². The molecule has 160 valence electrons. The third-order valence-corrected chi connectivity index (χ3v) is 8.34. The largest absolute Gasteiger partial charge is 0.361 e. The van der Waals surface area contributed by atoms with Gasteiger partial charge in [0.1, 0.15) is 9.84 Å². The lowest BCUT2D eigenvalue weighted by Crippen LogP contribution is -2.33. The smallest absolute Gasteiger partial charge is 0.150 e. The Morgan fingerprint density at radius 1 is 1.17 bits per heavy atom. The molecule has 0 bridgehead atoms. The van der Waals surface area contributed by atoms with Crippen molar-refractivity contribution in [3.8, 4) is 0 Å². The number of fused-ring (bicyclic) bond motifs is 1. The minimum atomic E-state index is -2.94. The Morgan fingerprint density at radius 3 is 2.73 bits per heavy atom. The normalized spacial score (nSPS) is 18.8. The molecule has 0 radical (unpaired) electrons. The van der Waals surface area contributed by atoms with Gasteiger partial charge in [0.2, 0.25) is 0 Å². The molecule has 4 rings (SSSR count). The third kappa shape index (κ3) is 4.62. The summed E-state index contributed by atoms with van der Waals surface area (Å²) >= 11 is 0. The second-order valence-electron chi connectivity index (χ2n) is 8.50. The molecule has 0 saturated carbocycles. The maximum absolute atomic E-state index is 11.9. The Labute approximate surface area is 180 Å². The van der Waals surface area contributed by atoms with Crippen LogP contribution in [0.1, 0.15) is 49.4 Å². The molecule has 2 atom stereocenters. The molecule has 1 fully saturated rings. The average molecular weight is 425 g/mol. The molecule has 3 aromatic rings. The van der Waals surface area contributed by atoms with Crippen LogP contribution in [0.15, 0.2) is 54.7 Å². The third-order valence-electron chi connectivity index (χ3n) is 6.63. The Morgan fingerprint density at radius 2 is 1.97 bits per heavy atom. The van der Waals surface area contributed by atoms with Gasteiger partial charge in [-0.3, -0.25) is 4.90 Å². The lowest BCUT2D eigenvalue weighted by molar-refractivity contribution is 0.192. The molecular weight excluding hydrogens is 392 g/mol. The summed E-state index contributed by atoms with van der Waals surface area (Å²) in [6.07, 6.45) is 6.20. The predicted octanol–water partition coefficient (Wildman–Crippen LogP) is 4.91. The van der Waals surface area contributed by atoms with E-state index in [-0.39, 0.29) is 11.5 Å².